The minimum absolute atomic E-state index is 0.0373. The van der Waals surface area contributed by atoms with Crippen molar-refractivity contribution in [3.05, 3.63) is 101 Å². The maximum atomic E-state index is 12.6. The van der Waals surface area contributed by atoms with Crippen molar-refractivity contribution >= 4 is 29.6 Å². The topological polar surface area (TPSA) is 71.0 Å². The van der Waals surface area contributed by atoms with Crippen LogP contribution in [0.25, 0.3) is 0 Å². The number of carbonyl (C=O) groups is 2. The summed E-state index contributed by atoms with van der Waals surface area (Å²) in [7, 11) is 0. The van der Waals surface area contributed by atoms with Crippen LogP contribution >= 0.6 is 11.6 Å². The summed E-state index contributed by atoms with van der Waals surface area (Å²) in [4.78, 5) is 26.9. The lowest BCUT2D eigenvalue weighted by Crippen LogP contribution is -2.42. The summed E-state index contributed by atoms with van der Waals surface area (Å²) in [5.74, 6) is 0.438. The Balaban J connectivity index is 1.20. The summed E-state index contributed by atoms with van der Waals surface area (Å²) in [5, 5.41) is 4.69. The van der Waals surface area contributed by atoms with Gasteiger partial charge in [-0.05, 0) is 72.5 Å². The predicted octanol–water partition coefficient (Wildman–Crippen LogP) is 4.92. The Morgan fingerprint density at radius 1 is 0.971 bits per heavy atom. The molecular formula is C27H26ClN3O3. The Hall–Kier alpha value is -3.64. The number of carbonyl (C=O) groups excluding carboxylic acids is 2. The van der Waals surface area contributed by atoms with Gasteiger partial charge in [0.15, 0.2) is 0 Å². The highest BCUT2D eigenvalue weighted by Crippen LogP contribution is 2.20. The van der Waals surface area contributed by atoms with Gasteiger partial charge in [0.1, 0.15) is 12.4 Å². The van der Waals surface area contributed by atoms with Crippen molar-refractivity contribution in [3.8, 4) is 5.75 Å². The Bertz CT molecular complexity index is 1120. The molecule has 6 nitrogen and oxygen atoms in total. The molecule has 0 bridgehead atoms. The summed E-state index contributed by atoms with van der Waals surface area (Å²) >= 11 is 5.89. The molecule has 1 fully saturated rings. The lowest BCUT2D eigenvalue weighted by molar-refractivity contribution is -0.126. The minimum atomic E-state index is -0.166. The number of nitrogens with one attached hydrogen (secondary N) is 1. The molecule has 0 saturated carbocycles. The smallest absolute Gasteiger partial charge is 0.253 e. The standard InChI is InChI=1S/C27H26ClN3O3/c28-24-10-8-23(9-11-24)27(33)31-16-14-22(15-17-31)26(32)30-29-18-20-6-12-25(13-7-20)34-19-21-4-2-1-3-5-21/h1-13,18,22H,14-17,19H2,(H,30,32)/b29-18-. The van der Waals surface area contributed by atoms with Gasteiger partial charge in [-0.25, -0.2) is 5.43 Å². The first-order valence-corrected chi connectivity index (χ1v) is 11.6. The highest BCUT2D eigenvalue weighted by Gasteiger charge is 2.27. The fraction of sp³-hybridized carbons (Fsp3) is 0.222. The monoisotopic (exact) mass is 475 g/mol. The number of hydrogen-bond donors (Lipinski definition) is 1. The van der Waals surface area contributed by atoms with Crippen molar-refractivity contribution in [3.63, 3.8) is 0 Å². The second-order valence-corrected chi connectivity index (χ2v) is 8.59. The summed E-state index contributed by atoms with van der Waals surface area (Å²) in [6, 6.07) is 24.4. The third kappa shape index (κ3) is 6.45. The van der Waals surface area contributed by atoms with Crippen LogP contribution < -0.4 is 10.2 Å². The zero-order chi connectivity index (χ0) is 23.8. The number of ether oxygens (including phenoxy) is 1. The maximum Gasteiger partial charge on any atom is 0.253 e. The molecule has 4 rings (SSSR count). The van der Waals surface area contributed by atoms with E-state index >= 15 is 0 Å². The van der Waals surface area contributed by atoms with Gasteiger partial charge in [-0.1, -0.05) is 41.9 Å². The predicted molar refractivity (Wildman–Crippen MR) is 133 cm³/mol. The van der Waals surface area contributed by atoms with Crippen molar-refractivity contribution in [2.45, 2.75) is 19.4 Å². The van der Waals surface area contributed by atoms with Gasteiger partial charge in [-0.2, -0.15) is 5.10 Å². The molecule has 1 aliphatic heterocycles. The van der Waals surface area contributed by atoms with E-state index in [1.807, 2.05) is 54.6 Å². The van der Waals surface area contributed by atoms with Crippen LogP contribution in [0.3, 0.4) is 0 Å². The number of nitrogens with zero attached hydrogens (tertiary/aromatic N) is 2. The normalized spacial score (nSPS) is 14.2. The molecule has 174 valence electrons. The summed E-state index contributed by atoms with van der Waals surface area (Å²) in [6.45, 7) is 1.58. The molecule has 1 heterocycles. The number of piperidine rings is 1. The maximum absolute atomic E-state index is 12.6. The molecule has 1 aliphatic rings. The van der Waals surface area contributed by atoms with Crippen LogP contribution in [0.2, 0.25) is 5.02 Å². The van der Waals surface area contributed by atoms with E-state index in [2.05, 4.69) is 10.5 Å². The van der Waals surface area contributed by atoms with Crippen LogP contribution in [-0.4, -0.2) is 36.0 Å². The van der Waals surface area contributed by atoms with Gasteiger partial charge in [0.25, 0.3) is 5.91 Å². The molecule has 0 spiro atoms. The van der Waals surface area contributed by atoms with E-state index in [1.54, 1.807) is 35.4 Å². The van der Waals surface area contributed by atoms with E-state index in [1.165, 1.54) is 0 Å². The van der Waals surface area contributed by atoms with Gasteiger partial charge in [0.2, 0.25) is 5.91 Å². The molecule has 1 N–H and O–H groups in total. The van der Waals surface area contributed by atoms with Crippen LogP contribution in [0.4, 0.5) is 0 Å². The molecular weight excluding hydrogens is 450 g/mol. The first-order valence-electron chi connectivity index (χ1n) is 11.2. The second-order valence-electron chi connectivity index (χ2n) is 8.15. The molecule has 0 unspecified atom stereocenters. The third-order valence-electron chi connectivity index (χ3n) is 5.76. The van der Waals surface area contributed by atoms with Gasteiger partial charge in [0, 0.05) is 29.6 Å². The Morgan fingerprint density at radius 2 is 1.65 bits per heavy atom. The van der Waals surface area contributed by atoms with Gasteiger partial charge in [-0.3, -0.25) is 9.59 Å². The van der Waals surface area contributed by atoms with Crippen LogP contribution in [0.1, 0.15) is 34.3 Å². The van der Waals surface area contributed by atoms with Crippen molar-refractivity contribution in [2.24, 2.45) is 11.0 Å². The number of likely N-dealkylation sites (tertiary alicyclic amines) is 1. The van der Waals surface area contributed by atoms with E-state index in [-0.39, 0.29) is 17.7 Å². The Kier molecular flexibility index (Phi) is 7.94. The second kappa shape index (κ2) is 11.5. The fourth-order valence-electron chi connectivity index (χ4n) is 3.77. The number of hydrazone groups is 1. The molecule has 0 aliphatic carbocycles. The average Bonchev–Trinajstić information content (AvgIpc) is 2.89. The fourth-order valence-corrected chi connectivity index (χ4v) is 3.90. The first kappa shape index (κ1) is 23.5. The average molecular weight is 476 g/mol. The lowest BCUT2D eigenvalue weighted by atomic mass is 9.95. The van der Waals surface area contributed by atoms with Crippen molar-refractivity contribution < 1.29 is 14.3 Å². The molecule has 2 amide bonds. The number of rotatable bonds is 7. The zero-order valence-corrected chi connectivity index (χ0v) is 19.4. The van der Waals surface area contributed by atoms with Crippen LogP contribution in [-0.2, 0) is 11.4 Å². The quantitative estimate of drug-likeness (QED) is 0.389. The lowest BCUT2D eigenvalue weighted by Gasteiger charge is -2.31. The van der Waals surface area contributed by atoms with Gasteiger partial charge in [-0.15, -0.1) is 0 Å². The highest BCUT2D eigenvalue weighted by molar-refractivity contribution is 6.30. The van der Waals surface area contributed by atoms with Gasteiger partial charge >= 0.3 is 0 Å². The summed E-state index contributed by atoms with van der Waals surface area (Å²) in [5.41, 5.74) is 5.19. The van der Waals surface area contributed by atoms with Crippen molar-refractivity contribution in [2.75, 3.05) is 13.1 Å². The minimum Gasteiger partial charge on any atom is -0.489 e. The van der Waals surface area contributed by atoms with E-state index in [0.29, 0.717) is 43.1 Å². The number of amides is 2. The zero-order valence-electron chi connectivity index (χ0n) is 18.7. The molecule has 1 saturated heterocycles. The van der Waals surface area contributed by atoms with Crippen molar-refractivity contribution in [1.29, 1.82) is 0 Å². The third-order valence-corrected chi connectivity index (χ3v) is 6.01. The molecule has 0 atom stereocenters. The van der Waals surface area contributed by atoms with E-state index < -0.39 is 0 Å². The summed E-state index contributed by atoms with van der Waals surface area (Å²) < 4.78 is 5.78. The number of hydrogen-bond acceptors (Lipinski definition) is 4. The molecule has 34 heavy (non-hydrogen) atoms. The van der Waals surface area contributed by atoms with E-state index in [0.717, 1.165) is 16.9 Å². The van der Waals surface area contributed by atoms with E-state index in [9.17, 15) is 9.59 Å². The molecule has 3 aromatic carbocycles. The van der Waals surface area contributed by atoms with Crippen LogP contribution in [0.15, 0.2) is 84.0 Å². The van der Waals surface area contributed by atoms with Crippen molar-refractivity contribution in [1.82, 2.24) is 10.3 Å². The molecule has 0 aromatic heterocycles. The highest BCUT2D eigenvalue weighted by atomic mass is 35.5. The number of halogens is 1. The van der Waals surface area contributed by atoms with Gasteiger partial charge in [0.05, 0.1) is 6.21 Å². The molecule has 0 radical (unpaired) electrons. The Labute approximate surface area is 204 Å². The van der Waals surface area contributed by atoms with Crippen LogP contribution in [0.5, 0.6) is 5.75 Å². The summed E-state index contributed by atoms with van der Waals surface area (Å²) in [6.07, 6.45) is 2.82. The number of benzene rings is 3. The molecule has 7 heteroatoms. The van der Waals surface area contributed by atoms with E-state index in [4.69, 9.17) is 16.3 Å². The SMILES string of the molecule is O=C(N/N=C\c1ccc(OCc2ccccc2)cc1)C1CCN(C(=O)c2ccc(Cl)cc2)CC1. The first-order chi connectivity index (χ1) is 16.6. The largest absolute Gasteiger partial charge is 0.489 e. The molecule has 3 aromatic rings. The van der Waals surface area contributed by atoms with Gasteiger partial charge < -0.3 is 9.64 Å². The Morgan fingerprint density at radius 3 is 2.32 bits per heavy atom. The van der Waals surface area contributed by atoms with Crippen LogP contribution in [0, 0.1) is 5.92 Å².